The maximum atomic E-state index is 12.2. The molecule has 0 spiro atoms. The molecule has 1 aliphatic rings. The molecule has 0 heterocycles. The number of halogens is 1. The number of carbonyl (C=O) groups excluding carboxylic acids is 1. The highest BCUT2D eigenvalue weighted by Crippen LogP contribution is 2.48. The Morgan fingerprint density at radius 2 is 2.00 bits per heavy atom. The van der Waals surface area contributed by atoms with Crippen molar-refractivity contribution in [3.8, 4) is 0 Å². The van der Waals surface area contributed by atoms with Gasteiger partial charge in [0.1, 0.15) is 0 Å². The van der Waals surface area contributed by atoms with Gasteiger partial charge in [-0.2, -0.15) is 0 Å². The number of hydrogen-bond acceptors (Lipinski definition) is 2. The third-order valence-electron chi connectivity index (χ3n) is 3.41. The minimum atomic E-state index is -0.841. The maximum Gasteiger partial charge on any atom is 0.226 e. The first-order valence-corrected chi connectivity index (χ1v) is 7.30. The highest BCUT2D eigenvalue weighted by molar-refractivity contribution is 9.10. The Morgan fingerprint density at radius 3 is 2.53 bits per heavy atom. The van der Waals surface area contributed by atoms with Gasteiger partial charge >= 0.3 is 0 Å². The van der Waals surface area contributed by atoms with Gasteiger partial charge in [0.2, 0.25) is 5.91 Å². The maximum absolute atomic E-state index is 12.2. The molecule has 104 valence electrons. The smallest absolute Gasteiger partial charge is 0.226 e. The number of aliphatic hydroxyl groups is 1. The number of nitrogens with zero attached hydrogens (tertiary/aromatic N) is 1. The molecule has 1 aromatic carbocycles. The summed E-state index contributed by atoms with van der Waals surface area (Å²) in [6.45, 7) is 3.81. The van der Waals surface area contributed by atoms with E-state index >= 15 is 0 Å². The summed E-state index contributed by atoms with van der Waals surface area (Å²) in [5, 5.41) is 9.75. The van der Waals surface area contributed by atoms with Crippen molar-refractivity contribution >= 4 is 21.8 Å². The average Bonchev–Trinajstić information content (AvgIpc) is 3.06. The predicted molar refractivity (Wildman–Crippen MR) is 78.9 cm³/mol. The first-order valence-electron chi connectivity index (χ1n) is 6.51. The highest BCUT2D eigenvalue weighted by atomic mass is 79.9. The van der Waals surface area contributed by atoms with E-state index in [2.05, 4.69) is 28.1 Å². The summed E-state index contributed by atoms with van der Waals surface area (Å²) >= 11 is 3.41. The van der Waals surface area contributed by atoms with Crippen molar-refractivity contribution in [1.82, 2.24) is 4.90 Å². The molecule has 2 atom stereocenters. The zero-order valence-electron chi connectivity index (χ0n) is 11.6. The lowest BCUT2D eigenvalue weighted by atomic mass is 10.1. The molecule has 1 saturated carbocycles. The minimum Gasteiger partial charge on any atom is -0.389 e. The van der Waals surface area contributed by atoms with Crippen molar-refractivity contribution in [3.05, 3.63) is 34.3 Å². The van der Waals surface area contributed by atoms with E-state index in [0.29, 0.717) is 12.5 Å². The van der Waals surface area contributed by atoms with Gasteiger partial charge in [-0.15, -0.1) is 0 Å². The van der Waals surface area contributed by atoms with Crippen LogP contribution in [0.2, 0.25) is 0 Å². The number of benzene rings is 1. The van der Waals surface area contributed by atoms with Gasteiger partial charge in [-0.1, -0.05) is 28.1 Å². The first-order chi connectivity index (χ1) is 8.78. The quantitative estimate of drug-likeness (QED) is 0.924. The molecule has 0 bridgehead atoms. The van der Waals surface area contributed by atoms with Crippen LogP contribution < -0.4 is 0 Å². The lowest BCUT2D eigenvalue weighted by molar-refractivity contribution is -0.134. The SMILES string of the molecule is CN(CC(C)(C)O)C(=O)C1CC1c1ccc(Br)cc1. The summed E-state index contributed by atoms with van der Waals surface area (Å²) < 4.78 is 1.05. The molecule has 3 nitrogen and oxygen atoms in total. The van der Waals surface area contributed by atoms with Gasteiger partial charge in [0.15, 0.2) is 0 Å². The van der Waals surface area contributed by atoms with Crippen LogP contribution in [-0.4, -0.2) is 35.1 Å². The molecule has 0 radical (unpaired) electrons. The molecule has 1 N–H and O–H groups in total. The summed E-state index contributed by atoms with van der Waals surface area (Å²) in [4.78, 5) is 13.9. The Labute approximate surface area is 122 Å². The molecule has 1 aromatic rings. The lowest BCUT2D eigenvalue weighted by Gasteiger charge is -2.25. The summed E-state index contributed by atoms with van der Waals surface area (Å²) in [6.07, 6.45) is 0.913. The van der Waals surface area contributed by atoms with Crippen molar-refractivity contribution in [3.63, 3.8) is 0 Å². The van der Waals surface area contributed by atoms with E-state index in [4.69, 9.17) is 0 Å². The molecule has 0 saturated heterocycles. The van der Waals surface area contributed by atoms with E-state index < -0.39 is 5.60 Å². The van der Waals surface area contributed by atoms with E-state index in [9.17, 15) is 9.90 Å². The van der Waals surface area contributed by atoms with Crippen molar-refractivity contribution in [2.45, 2.75) is 31.8 Å². The molecule has 4 heteroatoms. The van der Waals surface area contributed by atoms with E-state index in [1.54, 1.807) is 25.8 Å². The molecular weight excluding hydrogens is 306 g/mol. The van der Waals surface area contributed by atoms with E-state index in [0.717, 1.165) is 10.9 Å². The van der Waals surface area contributed by atoms with Gasteiger partial charge in [0.25, 0.3) is 0 Å². The van der Waals surface area contributed by atoms with Crippen LogP contribution in [-0.2, 0) is 4.79 Å². The second kappa shape index (κ2) is 5.25. The molecule has 1 aliphatic carbocycles. The van der Waals surface area contributed by atoms with Gasteiger partial charge < -0.3 is 10.0 Å². The molecule has 0 aliphatic heterocycles. The van der Waals surface area contributed by atoms with Crippen LogP contribution >= 0.6 is 15.9 Å². The number of carbonyl (C=O) groups is 1. The summed E-state index contributed by atoms with van der Waals surface area (Å²) in [7, 11) is 1.76. The summed E-state index contributed by atoms with van der Waals surface area (Å²) in [6, 6.07) is 8.15. The molecule has 2 rings (SSSR count). The Hall–Kier alpha value is -0.870. The van der Waals surface area contributed by atoms with Gasteiger partial charge in [0, 0.05) is 24.0 Å². The molecular formula is C15H20BrNO2. The third kappa shape index (κ3) is 3.80. The third-order valence-corrected chi connectivity index (χ3v) is 3.93. The topological polar surface area (TPSA) is 40.5 Å². The van der Waals surface area contributed by atoms with Crippen LogP contribution in [0.15, 0.2) is 28.7 Å². The van der Waals surface area contributed by atoms with Gasteiger partial charge in [-0.3, -0.25) is 4.79 Å². The number of rotatable bonds is 4. The Morgan fingerprint density at radius 1 is 1.42 bits per heavy atom. The molecule has 1 fully saturated rings. The number of hydrogen-bond donors (Lipinski definition) is 1. The first kappa shape index (κ1) is 14.5. The number of likely N-dealkylation sites (N-methyl/N-ethyl adjacent to an activating group) is 1. The Bertz CT molecular complexity index is 464. The normalized spacial score (nSPS) is 22.2. The molecule has 19 heavy (non-hydrogen) atoms. The Balaban J connectivity index is 1.95. The van der Waals surface area contributed by atoms with E-state index in [1.165, 1.54) is 5.56 Å². The predicted octanol–water partition coefficient (Wildman–Crippen LogP) is 2.78. The van der Waals surface area contributed by atoms with Gasteiger partial charge in [0.05, 0.1) is 5.60 Å². The molecule has 1 amide bonds. The van der Waals surface area contributed by atoms with Crippen LogP contribution in [0, 0.1) is 5.92 Å². The zero-order chi connectivity index (χ0) is 14.2. The second-order valence-electron chi connectivity index (χ2n) is 6.01. The summed E-state index contributed by atoms with van der Waals surface area (Å²) in [5.74, 6) is 0.549. The molecule has 2 unspecified atom stereocenters. The standard InChI is InChI=1S/C15H20BrNO2/c1-15(2,19)9-17(3)14(18)13-8-12(13)10-4-6-11(16)7-5-10/h4-7,12-13,19H,8-9H2,1-3H3. The van der Waals surface area contributed by atoms with Crippen LogP contribution in [0.4, 0.5) is 0 Å². The average molecular weight is 326 g/mol. The monoisotopic (exact) mass is 325 g/mol. The van der Waals surface area contributed by atoms with Crippen LogP contribution in [0.25, 0.3) is 0 Å². The van der Waals surface area contributed by atoms with Crippen molar-refractivity contribution in [2.75, 3.05) is 13.6 Å². The van der Waals surface area contributed by atoms with Crippen LogP contribution in [0.5, 0.6) is 0 Å². The fourth-order valence-corrected chi connectivity index (χ4v) is 2.75. The Kier molecular flexibility index (Phi) is 4.02. The van der Waals surface area contributed by atoms with Crippen molar-refractivity contribution in [1.29, 1.82) is 0 Å². The summed E-state index contributed by atoms with van der Waals surface area (Å²) in [5.41, 5.74) is 0.380. The molecule has 0 aromatic heterocycles. The second-order valence-corrected chi connectivity index (χ2v) is 6.92. The van der Waals surface area contributed by atoms with Gasteiger partial charge in [-0.05, 0) is 43.9 Å². The highest BCUT2D eigenvalue weighted by Gasteiger charge is 2.45. The fraction of sp³-hybridized carbons (Fsp3) is 0.533. The largest absolute Gasteiger partial charge is 0.389 e. The minimum absolute atomic E-state index is 0.0773. The fourth-order valence-electron chi connectivity index (χ4n) is 2.49. The van der Waals surface area contributed by atoms with E-state index in [-0.39, 0.29) is 11.8 Å². The number of amides is 1. The van der Waals surface area contributed by atoms with Crippen molar-refractivity contribution < 1.29 is 9.90 Å². The van der Waals surface area contributed by atoms with Crippen LogP contribution in [0.1, 0.15) is 31.7 Å². The van der Waals surface area contributed by atoms with Crippen LogP contribution in [0.3, 0.4) is 0 Å². The zero-order valence-corrected chi connectivity index (χ0v) is 13.1. The van der Waals surface area contributed by atoms with Crippen molar-refractivity contribution in [2.24, 2.45) is 5.92 Å². The van der Waals surface area contributed by atoms with Gasteiger partial charge in [-0.25, -0.2) is 0 Å². The van der Waals surface area contributed by atoms with E-state index in [1.807, 2.05) is 12.1 Å². The lowest BCUT2D eigenvalue weighted by Crippen LogP contribution is -2.40.